The maximum absolute atomic E-state index is 12.5. The van der Waals surface area contributed by atoms with Crippen LogP contribution in [0.2, 0.25) is 0 Å². The van der Waals surface area contributed by atoms with E-state index in [2.05, 4.69) is 6.07 Å². The Kier molecular flexibility index (Phi) is 2.37. The van der Waals surface area contributed by atoms with Crippen LogP contribution in [0.25, 0.3) is 0 Å². The molecule has 53 valence electrons. The third-order valence-corrected chi connectivity index (χ3v) is 1.24. The first-order valence-electron chi connectivity index (χ1n) is 3.00. The molecule has 0 aromatic heterocycles. The molecule has 1 aromatic rings. The smallest absolute Gasteiger partial charge is 0.153 e. The van der Waals surface area contributed by atoms with Crippen molar-refractivity contribution in [3.8, 4) is 0 Å². The number of hydrogen-bond donors (Lipinski definition) is 0. The highest BCUT2D eigenvalue weighted by Crippen LogP contribution is 2.16. The lowest BCUT2D eigenvalue weighted by Crippen LogP contribution is -1.91. The molecular weight excluding hydrogens is 134 g/mol. The van der Waals surface area contributed by atoms with Gasteiger partial charge in [-0.05, 0) is 11.6 Å². The molecule has 1 unspecified atom stereocenters. The van der Waals surface area contributed by atoms with Gasteiger partial charge in [0.2, 0.25) is 0 Å². The fourth-order valence-corrected chi connectivity index (χ4v) is 0.698. The van der Waals surface area contributed by atoms with Gasteiger partial charge in [0.15, 0.2) is 6.17 Å². The molecule has 0 fully saturated rings. The Morgan fingerprint density at radius 3 is 2.50 bits per heavy atom. The van der Waals surface area contributed by atoms with Crippen LogP contribution in [0.15, 0.2) is 24.3 Å². The van der Waals surface area contributed by atoms with Gasteiger partial charge in [0.1, 0.15) is 6.67 Å². The van der Waals surface area contributed by atoms with Gasteiger partial charge in [-0.25, -0.2) is 8.78 Å². The second kappa shape index (κ2) is 3.30. The third kappa shape index (κ3) is 1.53. The van der Waals surface area contributed by atoms with Gasteiger partial charge in [0, 0.05) is 0 Å². The van der Waals surface area contributed by atoms with E-state index in [1.165, 1.54) is 12.1 Å². The molecule has 2 heteroatoms. The Bertz CT molecular complexity index is 184. The van der Waals surface area contributed by atoms with Crippen LogP contribution in [0.5, 0.6) is 0 Å². The van der Waals surface area contributed by atoms with Crippen molar-refractivity contribution >= 4 is 0 Å². The second-order valence-corrected chi connectivity index (χ2v) is 1.96. The molecule has 1 radical (unpaired) electrons. The van der Waals surface area contributed by atoms with E-state index >= 15 is 0 Å². The fraction of sp³-hybridized carbons (Fsp3) is 0.250. The number of rotatable bonds is 2. The molecule has 0 N–H and O–H groups in total. The van der Waals surface area contributed by atoms with Crippen LogP contribution in [0.3, 0.4) is 0 Å². The molecule has 10 heavy (non-hydrogen) atoms. The van der Waals surface area contributed by atoms with E-state index in [9.17, 15) is 8.78 Å². The summed E-state index contributed by atoms with van der Waals surface area (Å²) < 4.78 is 24.2. The molecule has 0 aliphatic heterocycles. The minimum Gasteiger partial charge on any atom is -0.248 e. The van der Waals surface area contributed by atoms with Crippen LogP contribution < -0.4 is 0 Å². The van der Waals surface area contributed by atoms with Gasteiger partial charge in [-0.3, -0.25) is 0 Å². The average Bonchev–Trinajstić information content (AvgIpc) is 2.05. The normalized spacial score (nSPS) is 13.0. The Morgan fingerprint density at radius 1 is 1.40 bits per heavy atom. The molecule has 1 rings (SSSR count). The molecule has 0 saturated heterocycles. The third-order valence-electron chi connectivity index (χ3n) is 1.24. The van der Waals surface area contributed by atoms with Crippen molar-refractivity contribution in [2.45, 2.75) is 6.17 Å². The van der Waals surface area contributed by atoms with Gasteiger partial charge in [0.25, 0.3) is 0 Å². The van der Waals surface area contributed by atoms with Gasteiger partial charge >= 0.3 is 0 Å². The molecule has 0 nitrogen and oxygen atoms in total. The summed E-state index contributed by atoms with van der Waals surface area (Å²) in [4.78, 5) is 0. The average molecular weight is 141 g/mol. The number of hydrogen-bond acceptors (Lipinski definition) is 0. The van der Waals surface area contributed by atoms with Gasteiger partial charge < -0.3 is 0 Å². The summed E-state index contributed by atoms with van der Waals surface area (Å²) in [6, 6.07) is 8.89. The van der Waals surface area contributed by atoms with E-state index in [0.717, 1.165) is 0 Å². The summed E-state index contributed by atoms with van der Waals surface area (Å²) in [7, 11) is 0. The highest BCUT2D eigenvalue weighted by molar-refractivity contribution is 5.16. The summed E-state index contributed by atoms with van der Waals surface area (Å²) in [5.74, 6) is 0. The van der Waals surface area contributed by atoms with Crippen LogP contribution in [-0.4, -0.2) is 6.67 Å². The predicted molar refractivity (Wildman–Crippen MR) is 35.1 cm³/mol. The van der Waals surface area contributed by atoms with Crippen molar-refractivity contribution in [2.24, 2.45) is 0 Å². The molecular formula is C8H7F2. The van der Waals surface area contributed by atoms with Crippen molar-refractivity contribution in [1.29, 1.82) is 0 Å². The first-order valence-corrected chi connectivity index (χ1v) is 3.00. The highest BCUT2D eigenvalue weighted by atomic mass is 19.2. The van der Waals surface area contributed by atoms with Gasteiger partial charge in [-0.1, -0.05) is 24.3 Å². The zero-order valence-corrected chi connectivity index (χ0v) is 5.35. The topological polar surface area (TPSA) is 0 Å². The lowest BCUT2D eigenvalue weighted by Gasteiger charge is -2.00. The van der Waals surface area contributed by atoms with E-state index < -0.39 is 12.8 Å². The van der Waals surface area contributed by atoms with Crippen molar-refractivity contribution in [1.82, 2.24) is 0 Å². The zero-order chi connectivity index (χ0) is 7.40. The number of alkyl halides is 2. The molecule has 0 heterocycles. The van der Waals surface area contributed by atoms with E-state index in [4.69, 9.17) is 0 Å². The summed E-state index contributed by atoms with van der Waals surface area (Å²) in [6.45, 7) is -0.954. The van der Waals surface area contributed by atoms with E-state index in [1.54, 1.807) is 12.1 Å². The highest BCUT2D eigenvalue weighted by Gasteiger charge is 2.06. The van der Waals surface area contributed by atoms with Crippen molar-refractivity contribution in [3.05, 3.63) is 35.9 Å². The van der Waals surface area contributed by atoms with E-state index in [0.29, 0.717) is 5.56 Å². The molecule has 0 aliphatic rings. The molecule has 1 atom stereocenters. The molecule has 0 bridgehead atoms. The van der Waals surface area contributed by atoms with Crippen LogP contribution in [0.4, 0.5) is 8.78 Å². The lowest BCUT2D eigenvalue weighted by molar-refractivity contribution is 0.266. The van der Waals surface area contributed by atoms with Crippen molar-refractivity contribution in [3.63, 3.8) is 0 Å². The van der Waals surface area contributed by atoms with Gasteiger partial charge in [-0.2, -0.15) is 0 Å². The Labute approximate surface area is 58.5 Å². The van der Waals surface area contributed by atoms with Gasteiger partial charge in [0.05, 0.1) is 0 Å². The first-order chi connectivity index (χ1) is 4.84. The maximum Gasteiger partial charge on any atom is 0.153 e. The first kappa shape index (κ1) is 7.19. The fourth-order valence-electron chi connectivity index (χ4n) is 0.698. The van der Waals surface area contributed by atoms with Crippen molar-refractivity contribution in [2.75, 3.05) is 6.67 Å². The maximum atomic E-state index is 12.5. The largest absolute Gasteiger partial charge is 0.248 e. The number of halogens is 2. The minimum atomic E-state index is -1.48. The number of benzene rings is 1. The molecule has 0 spiro atoms. The monoisotopic (exact) mass is 141 g/mol. The van der Waals surface area contributed by atoms with Gasteiger partial charge in [-0.15, -0.1) is 0 Å². The molecule has 1 aromatic carbocycles. The van der Waals surface area contributed by atoms with E-state index in [-0.39, 0.29) is 0 Å². The standard InChI is InChI=1S/C8H7F2/c9-6-8(10)7-4-2-1-3-5-7/h2-5,8H,6H2. The quantitative estimate of drug-likeness (QED) is 0.593. The Hall–Kier alpha value is -0.920. The lowest BCUT2D eigenvalue weighted by atomic mass is 10.1. The Balaban J connectivity index is 2.75. The minimum absolute atomic E-state index is 0.376. The summed E-state index contributed by atoms with van der Waals surface area (Å²) in [6.07, 6.45) is -1.48. The van der Waals surface area contributed by atoms with Crippen LogP contribution in [0.1, 0.15) is 11.7 Å². The molecule has 0 aliphatic carbocycles. The van der Waals surface area contributed by atoms with Crippen molar-refractivity contribution < 1.29 is 8.78 Å². The summed E-state index contributed by atoms with van der Waals surface area (Å²) in [5, 5.41) is 0. The Morgan fingerprint density at radius 2 is 2.00 bits per heavy atom. The SMILES string of the molecule is FCC(F)c1cc[c]cc1. The summed E-state index contributed by atoms with van der Waals surface area (Å²) >= 11 is 0. The van der Waals surface area contributed by atoms with Crippen LogP contribution in [0, 0.1) is 6.07 Å². The molecule has 0 saturated carbocycles. The summed E-state index contributed by atoms with van der Waals surface area (Å²) in [5.41, 5.74) is 0.376. The predicted octanol–water partition coefficient (Wildman–Crippen LogP) is 2.47. The van der Waals surface area contributed by atoms with E-state index in [1.807, 2.05) is 0 Å². The van der Waals surface area contributed by atoms with Crippen LogP contribution in [-0.2, 0) is 0 Å². The van der Waals surface area contributed by atoms with Crippen LogP contribution >= 0.6 is 0 Å². The zero-order valence-electron chi connectivity index (χ0n) is 5.35. The second-order valence-electron chi connectivity index (χ2n) is 1.96. The molecule has 0 amide bonds.